The predicted octanol–water partition coefficient (Wildman–Crippen LogP) is 5.54. The minimum Gasteiger partial charge on any atom is -0.456 e. The number of carbonyl (C=O) groups is 2. The summed E-state index contributed by atoms with van der Waals surface area (Å²) in [5.74, 6) is -8.03. The lowest BCUT2D eigenvalue weighted by molar-refractivity contribution is -0.295. The molecule has 0 spiro atoms. The molecular weight excluding hydrogens is 387 g/mol. The fourth-order valence-corrected chi connectivity index (χ4v) is 2.22. The summed E-state index contributed by atoms with van der Waals surface area (Å²) >= 11 is 0. The van der Waals surface area contributed by atoms with Gasteiger partial charge in [-0.3, -0.25) is 4.79 Å². The van der Waals surface area contributed by atoms with Crippen LogP contribution in [-0.2, 0) is 19.1 Å². The third kappa shape index (κ3) is 7.54. The van der Waals surface area contributed by atoms with E-state index >= 15 is 0 Å². The second-order valence-corrected chi connectivity index (χ2v) is 9.35. The van der Waals surface area contributed by atoms with Crippen molar-refractivity contribution in [3.8, 4) is 0 Å². The van der Waals surface area contributed by atoms with Gasteiger partial charge in [0.05, 0.1) is 5.92 Å². The average Bonchev–Trinajstić information content (AvgIpc) is 2.47. The molecule has 0 bridgehead atoms. The van der Waals surface area contributed by atoms with E-state index in [1.54, 1.807) is 0 Å². The lowest BCUT2D eigenvalue weighted by atomic mass is 9.70. The maximum Gasteiger partial charge on any atom is 0.456 e. The molecule has 0 N–H and O–H groups in total. The standard InChI is InChI=1S/C19H31F5O4/c1-9-16(5,6)10-12(15(2,3)4)13(25)28-17(7,8)14(26)27-11-18(20,21)19(22,23)24/h12H,9-11H2,1-8H3. The largest absolute Gasteiger partial charge is 0.456 e. The highest BCUT2D eigenvalue weighted by Gasteiger charge is 2.59. The minimum atomic E-state index is -5.85. The first-order valence-electron chi connectivity index (χ1n) is 9.01. The Labute approximate surface area is 163 Å². The maximum atomic E-state index is 12.9. The van der Waals surface area contributed by atoms with Crippen LogP contribution in [0.25, 0.3) is 0 Å². The number of esters is 2. The van der Waals surface area contributed by atoms with Gasteiger partial charge in [0.1, 0.15) is 0 Å². The van der Waals surface area contributed by atoms with Crippen molar-refractivity contribution in [2.24, 2.45) is 16.7 Å². The smallest absolute Gasteiger partial charge is 0.456 e. The predicted molar refractivity (Wildman–Crippen MR) is 93.8 cm³/mol. The molecule has 1 unspecified atom stereocenters. The Morgan fingerprint density at radius 1 is 0.893 bits per heavy atom. The molecule has 0 aliphatic heterocycles. The molecule has 9 heteroatoms. The van der Waals surface area contributed by atoms with Crippen LogP contribution in [0.5, 0.6) is 0 Å². The Hall–Kier alpha value is -1.41. The van der Waals surface area contributed by atoms with Crippen LogP contribution < -0.4 is 0 Å². The van der Waals surface area contributed by atoms with E-state index in [0.29, 0.717) is 6.42 Å². The number of hydrogen-bond acceptors (Lipinski definition) is 4. The molecule has 0 saturated heterocycles. The van der Waals surface area contributed by atoms with Gasteiger partial charge in [-0.15, -0.1) is 0 Å². The van der Waals surface area contributed by atoms with Gasteiger partial charge in [-0.2, -0.15) is 22.0 Å². The summed E-state index contributed by atoms with van der Waals surface area (Å²) in [6.07, 6.45) is -4.62. The maximum absolute atomic E-state index is 12.9. The Kier molecular flexibility index (Phi) is 8.10. The summed E-state index contributed by atoms with van der Waals surface area (Å²) in [5, 5.41) is 0. The number of alkyl halides is 5. The molecule has 0 aliphatic rings. The summed E-state index contributed by atoms with van der Waals surface area (Å²) < 4.78 is 71.7. The molecule has 0 aromatic heterocycles. The zero-order chi connectivity index (χ0) is 22.8. The summed E-state index contributed by atoms with van der Waals surface area (Å²) in [4.78, 5) is 24.7. The number of carbonyl (C=O) groups excluding carboxylic acids is 2. The van der Waals surface area contributed by atoms with Crippen molar-refractivity contribution in [1.29, 1.82) is 0 Å². The summed E-state index contributed by atoms with van der Waals surface area (Å²) in [5.41, 5.74) is -2.73. The Morgan fingerprint density at radius 2 is 1.36 bits per heavy atom. The zero-order valence-corrected chi connectivity index (χ0v) is 17.7. The Morgan fingerprint density at radius 3 is 1.71 bits per heavy atom. The first-order chi connectivity index (χ1) is 12.2. The number of rotatable bonds is 8. The highest BCUT2D eigenvalue weighted by Crippen LogP contribution is 2.40. The second-order valence-electron chi connectivity index (χ2n) is 9.35. The topological polar surface area (TPSA) is 52.6 Å². The average molecular weight is 418 g/mol. The van der Waals surface area contributed by atoms with Gasteiger partial charge >= 0.3 is 24.0 Å². The number of hydrogen-bond donors (Lipinski definition) is 0. The van der Waals surface area contributed by atoms with Crippen molar-refractivity contribution in [2.45, 2.75) is 85.9 Å². The quantitative estimate of drug-likeness (QED) is 0.384. The summed E-state index contributed by atoms with van der Waals surface area (Å²) in [7, 11) is 0. The van der Waals surface area contributed by atoms with E-state index < -0.39 is 47.6 Å². The van der Waals surface area contributed by atoms with Crippen LogP contribution in [0.3, 0.4) is 0 Å². The molecular formula is C19H31F5O4. The lowest BCUT2D eigenvalue weighted by Gasteiger charge is -2.37. The van der Waals surface area contributed by atoms with Crippen molar-refractivity contribution in [3.63, 3.8) is 0 Å². The van der Waals surface area contributed by atoms with Crippen LogP contribution in [0.15, 0.2) is 0 Å². The molecule has 0 radical (unpaired) electrons. The highest BCUT2D eigenvalue weighted by molar-refractivity contribution is 5.83. The molecule has 0 heterocycles. The molecule has 0 aromatic carbocycles. The molecule has 0 fully saturated rings. The lowest BCUT2D eigenvalue weighted by Crippen LogP contribution is -2.46. The highest BCUT2D eigenvalue weighted by atomic mass is 19.4. The van der Waals surface area contributed by atoms with Crippen molar-refractivity contribution < 1.29 is 41.0 Å². The number of ether oxygens (including phenoxy) is 2. The fraction of sp³-hybridized carbons (Fsp3) is 0.895. The van der Waals surface area contributed by atoms with E-state index in [1.807, 2.05) is 41.5 Å². The second kappa shape index (κ2) is 8.53. The van der Waals surface area contributed by atoms with E-state index in [1.165, 1.54) is 0 Å². The van der Waals surface area contributed by atoms with E-state index in [-0.39, 0.29) is 5.41 Å². The fourth-order valence-electron chi connectivity index (χ4n) is 2.22. The third-order valence-electron chi connectivity index (χ3n) is 4.69. The van der Waals surface area contributed by atoms with Crippen molar-refractivity contribution in [1.82, 2.24) is 0 Å². The molecule has 28 heavy (non-hydrogen) atoms. The van der Waals surface area contributed by atoms with Crippen molar-refractivity contribution >= 4 is 11.9 Å². The van der Waals surface area contributed by atoms with Gasteiger partial charge in [0.25, 0.3) is 0 Å². The van der Waals surface area contributed by atoms with Crippen molar-refractivity contribution in [2.75, 3.05) is 6.61 Å². The molecule has 0 aromatic rings. The van der Waals surface area contributed by atoms with Crippen LogP contribution in [0, 0.1) is 16.7 Å². The molecule has 0 aliphatic carbocycles. The van der Waals surface area contributed by atoms with Crippen LogP contribution in [0.1, 0.15) is 68.2 Å². The minimum absolute atomic E-state index is 0.198. The Balaban J connectivity index is 5.27. The molecule has 0 amide bonds. The summed E-state index contributed by atoms with van der Waals surface area (Å²) in [6.45, 7) is 11.4. The zero-order valence-electron chi connectivity index (χ0n) is 17.7. The van der Waals surface area contributed by atoms with E-state index in [0.717, 1.165) is 20.3 Å². The van der Waals surface area contributed by atoms with E-state index in [4.69, 9.17) is 4.74 Å². The van der Waals surface area contributed by atoms with Gasteiger partial charge in [-0.1, -0.05) is 48.0 Å². The first kappa shape index (κ1) is 26.6. The van der Waals surface area contributed by atoms with Crippen LogP contribution >= 0.6 is 0 Å². The monoisotopic (exact) mass is 418 g/mol. The van der Waals surface area contributed by atoms with Gasteiger partial charge in [-0.25, -0.2) is 4.79 Å². The summed E-state index contributed by atoms with van der Waals surface area (Å²) in [6, 6.07) is 0. The van der Waals surface area contributed by atoms with Gasteiger partial charge in [0, 0.05) is 0 Å². The molecule has 4 nitrogen and oxygen atoms in total. The molecule has 0 saturated carbocycles. The SMILES string of the molecule is CCC(C)(C)CC(C(=O)OC(C)(C)C(=O)OCC(F)(F)C(F)(F)F)C(C)(C)C. The normalized spacial score (nSPS) is 15.2. The molecule has 0 rings (SSSR count). The third-order valence-corrected chi connectivity index (χ3v) is 4.69. The van der Waals surface area contributed by atoms with Gasteiger partial charge in [0.15, 0.2) is 6.61 Å². The Bertz CT molecular complexity index is 560. The van der Waals surface area contributed by atoms with E-state index in [9.17, 15) is 31.5 Å². The molecule has 166 valence electrons. The molecule has 1 atom stereocenters. The van der Waals surface area contributed by atoms with E-state index in [2.05, 4.69) is 4.74 Å². The van der Waals surface area contributed by atoms with Crippen LogP contribution in [-0.4, -0.2) is 36.2 Å². The van der Waals surface area contributed by atoms with Gasteiger partial charge in [0.2, 0.25) is 5.60 Å². The van der Waals surface area contributed by atoms with Crippen molar-refractivity contribution in [3.05, 3.63) is 0 Å². The first-order valence-corrected chi connectivity index (χ1v) is 9.01. The van der Waals surface area contributed by atoms with Crippen LogP contribution in [0.2, 0.25) is 0 Å². The van der Waals surface area contributed by atoms with Gasteiger partial charge < -0.3 is 9.47 Å². The number of halogens is 5. The van der Waals surface area contributed by atoms with Crippen LogP contribution in [0.4, 0.5) is 22.0 Å². The van der Waals surface area contributed by atoms with Gasteiger partial charge in [-0.05, 0) is 31.1 Å².